The number of esters is 1. The van der Waals surface area contributed by atoms with E-state index in [0.29, 0.717) is 35.1 Å². The van der Waals surface area contributed by atoms with Gasteiger partial charge in [-0.3, -0.25) is 9.59 Å². The number of aromatic nitrogens is 1. The van der Waals surface area contributed by atoms with E-state index in [1.807, 2.05) is 13.8 Å². The number of amides is 1. The maximum Gasteiger partial charge on any atom is 0.338 e. The van der Waals surface area contributed by atoms with Gasteiger partial charge in [-0.25, -0.2) is 4.79 Å². The molecule has 1 N–H and O–H groups in total. The van der Waals surface area contributed by atoms with Gasteiger partial charge in [0.15, 0.2) is 19.0 Å². The van der Waals surface area contributed by atoms with Crippen LogP contribution in [0.25, 0.3) is 0 Å². The third-order valence-corrected chi connectivity index (χ3v) is 4.92. The fourth-order valence-corrected chi connectivity index (χ4v) is 3.11. The van der Waals surface area contributed by atoms with Crippen molar-refractivity contribution in [3.63, 3.8) is 0 Å². The van der Waals surface area contributed by atoms with Gasteiger partial charge >= 0.3 is 5.97 Å². The van der Waals surface area contributed by atoms with Crippen molar-refractivity contribution in [2.75, 3.05) is 18.5 Å². The van der Waals surface area contributed by atoms with Crippen molar-refractivity contribution in [2.24, 2.45) is 0 Å². The Balaban J connectivity index is 1.31. The predicted octanol–water partition coefficient (Wildman–Crippen LogP) is 3.24. The Labute approximate surface area is 183 Å². The van der Waals surface area contributed by atoms with Crippen LogP contribution in [0.3, 0.4) is 0 Å². The number of carbonyl (C=O) groups excluding carboxylic acids is 3. The van der Waals surface area contributed by atoms with Gasteiger partial charge in [-0.15, -0.1) is 0 Å². The molecule has 0 bridgehead atoms. The number of carbonyl (C=O) groups is 3. The van der Waals surface area contributed by atoms with Crippen LogP contribution in [0, 0.1) is 13.8 Å². The van der Waals surface area contributed by atoms with E-state index in [-0.39, 0.29) is 18.1 Å². The normalized spacial score (nSPS) is 12.4. The average Bonchev–Trinajstić information content (AvgIpc) is 3.12. The molecule has 3 aromatic rings. The first-order valence-corrected chi connectivity index (χ1v) is 9.82. The van der Waals surface area contributed by atoms with Crippen molar-refractivity contribution >= 4 is 23.3 Å². The first-order chi connectivity index (χ1) is 15.4. The second-order valence-electron chi connectivity index (χ2n) is 7.16. The second-order valence-corrected chi connectivity index (χ2v) is 7.16. The summed E-state index contributed by atoms with van der Waals surface area (Å²) >= 11 is 0. The Hall–Kier alpha value is -4.14. The third kappa shape index (κ3) is 4.61. The largest absolute Gasteiger partial charge is 0.489 e. The van der Waals surface area contributed by atoms with Crippen LogP contribution in [0.4, 0.5) is 5.69 Å². The van der Waals surface area contributed by atoms with E-state index in [1.54, 1.807) is 36.4 Å². The maximum absolute atomic E-state index is 12.4. The number of nitrogens with one attached hydrogen (secondary N) is 1. The van der Waals surface area contributed by atoms with Crippen LogP contribution in [-0.4, -0.2) is 36.0 Å². The number of ketones is 1. The summed E-state index contributed by atoms with van der Waals surface area (Å²) in [6.45, 7) is 3.45. The minimum Gasteiger partial charge on any atom is -0.489 e. The minimum atomic E-state index is -0.634. The van der Waals surface area contributed by atoms with E-state index in [0.717, 1.165) is 11.3 Å². The van der Waals surface area contributed by atoms with Gasteiger partial charge in [0.05, 0.1) is 22.5 Å². The van der Waals surface area contributed by atoms with Crippen molar-refractivity contribution < 1.29 is 33.1 Å². The lowest BCUT2D eigenvalue weighted by molar-refractivity contribution is -0.118. The summed E-state index contributed by atoms with van der Waals surface area (Å²) in [6.07, 6.45) is 0. The summed E-state index contributed by atoms with van der Waals surface area (Å²) in [5.74, 6) is 0.408. The molecular weight excluding hydrogens is 416 g/mol. The highest BCUT2D eigenvalue weighted by Gasteiger charge is 2.19. The van der Waals surface area contributed by atoms with Crippen molar-refractivity contribution in [1.29, 1.82) is 0 Å². The number of anilines is 1. The van der Waals surface area contributed by atoms with E-state index in [4.69, 9.17) is 18.7 Å². The van der Waals surface area contributed by atoms with Crippen LogP contribution in [0.2, 0.25) is 0 Å². The van der Waals surface area contributed by atoms with Gasteiger partial charge in [0.1, 0.15) is 23.9 Å². The molecule has 32 heavy (non-hydrogen) atoms. The molecule has 9 heteroatoms. The fourth-order valence-electron chi connectivity index (χ4n) is 3.11. The zero-order chi connectivity index (χ0) is 22.7. The van der Waals surface area contributed by atoms with Crippen LogP contribution in [-0.2, 0) is 16.1 Å². The minimum absolute atomic E-state index is 0.0679. The highest BCUT2D eigenvalue weighted by atomic mass is 16.5. The molecule has 1 amide bonds. The van der Waals surface area contributed by atoms with E-state index in [9.17, 15) is 14.4 Å². The number of benzene rings is 2. The molecule has 2 heterocycles. The van der Waals surface area contributed by atoms with E-state index >= 15 is 0 Å². The van der Waals surface area contributed by atoms with Gasteiger partial charge < -0.3 is 24.1 Å². The molecule has 4 rings (SSSR count). The average molecular weight is 436 g/mol. The highest BCUT2D eigenvalue weighted by molar-refractivity contribution is 6.02. The van der Waals surface area contributed by atoms with Gasteiger partial charge in [-0.2, -0.15) is 0 Å². The van der Waals surface area contributed by atoms with Crippen LogP contribution >= 0.6 is 0 Å². The van der Waals surface area contributed by atoms with E-state index < -0.39 is 18.4 Å². The molecule has 0 unspecified atom stereocenters. The fraction of sp³-hybridized carbons (Fsp3) is 0.217. The van der Waals surface area contributed by atoms with Gasteiger partial charge in [0.25, 0.3) is 5.91 Å². The van der Waals surface area contributed by atoms with Crippen molar-refractivity contribution in [3.8, 4) is 11.5 Å². The smallest absolute Gasteiger partial charge is 0.338 e. The standard InChI is InChI=1S/C23H20N2O7/c1-13-18(14(2)32-25-13)10-29-17-6-3-15(4-7-17)23(28)31-11-20(26)16-5-8-21-19(9-16)24-22(27)12-30-21/h3-9H,10-12H2,1-2H3,(H,24,27). The molecule has 1 aliphatic rings. The van der Waals surface area contributed by atoms with Crippen molar-refractivity contribution in [1.82, 2.24) is 5.16 Å². The van der Waals surface area contributed by atoms with Gasteiger partial charge in [-0.05, 0) is 56.3 Å². The van der Waals surface area contributed by atoms with Crippen molar-refractivity contribution in [2.45, 2.75) is 20.5 Å². The van der Waals surface area contributed by atoms with Crippen LogP contribution in [0.5, 0.6) is 11.5 Å². The number of aryl methyl sites for hydroxylation is 2. The summed E-state index contributed by atoms with van der Waals surface area (Å²) in [5.41, 5.74) is 2.63. The first kappa shape index (κ1) is 21.1. The number of fused-ring (bicyclic) bond motifs is 1. The van der Waals surface area contributed by atoms with Crippen LogP contribution < -0.4 is 14.8 Å². The highest BCUT2D eigenvalue weighted by Crippen LogP contribution is 2.28. The monoisotopic (exact) mass is 436 g/mol. The molecule has 1 aromatic heterocycles. The molecule has 0 aliphatic carbocycles. The van der Waals surface area contributed by atoms with Crippen LogP contribution in [0.1, 0.15) is 37.7 Å². The Morgan fingerprint density at radius 2 is 1.84 bits per heavy atom. The molecular formula is C23H20N2O7. The number of ether oxygens (including phenoxy) is 3. The topological polar surface area (TPSA) is 117 Å². The zero-order valence-corrected chi connectivity index (χ0v) is 17.5. The lowest BCUT2D eigenvalue weighted by Crippen LogP contribution is -2.25. The summed E-state index contributed by atoms with van der Waals surface area (Å²) in [4.78, 5) is 36.1. The number of Topliss-reactive ketones (excluding diaryl/α,β-unsaturated/α-hetero) is 1. The molecule has 0 radical (unpaired) electrons. The quantitative estimate of drug-likeness (QED) is 0.443. The molecule has 2 aromatic carbocycles. The summed E-state index contributed by atoms with van der Waals surface area (Å²) in [5, 5.41) is 6.51. The van der Waals surface area contributed by atoms with Crippen LogP contribution in [0.15, 0.2) is 47.0 Å². The first-order valence-electron chi connectivity index (χ1n) is 9.82. The molecule has 0 saturated carbocycles. The number of nitrogens with zero attached hydrogens (tertiary/aromatic N) is 1. The molecule has 9 nitrogen and oxygen atoms in total. The second kappa shape index (κ2) is 8.93. The molecule has 0 atom stereocenters. The summed E-state index contributed by atoms with van der Waals surface area (Å²) in [7, 11) is 0. The lowest BCUT2D eigenvalue weighted by atomic mass is 10.1. The predicted molar refractivity (Wildman–Crippen MR) is 112 cm³/mol. The number of hydrogen-bond donors (Lipinski definition) is 1. The molecule has 0 fully saturated rings. The molecule has 164 valence electrons. The lowest BCUT2D eigenvalue weighted by Gasteiger charge is -2.18. The molecule has 1 aliphatic heterocycles. The maximum atomic E-state index is 12.4. The Morgan fingerprint density at radius 1 is 1.09 bits per heavy atom. The summed E-state index contributed by atoms with van der Waals surface area (Å²) in [6, 6.07) is 11.0. The van der Waals surface area contributed by atoms with Gasteiger partial charge in [-0.1, -0.05) is 5.16 Å². The summed E-state index contributed by atoms with van der Waals surface area (Å²) < 4.78 is 21.2. The molecule has 0 saturated heterocycles. The number of hydrogen-bond acceptors (Lipinski definition) is 8. The van der Waals surface area contributed by atoms with E-state index in [2.05, 4.69) is 10.5 Å². The third-order valence-electron chi connectivity index (χ3n) is 4.92. The van der Waals surface area contributed by atoms with E-state index in [1.165, 1.54) is 6.07 Å². The zero-order valence-electron chi connectivity index (χ0n) is 17.5. The number of rotatable bonds is 7. The Morgan fingerprint density at radius 3 is 2.56 bits per heavy atom. The SMILES string of the molecule is Cc1noc(C)c1COc1ccc(C(=O)OCC(=O)c2ccc3c(c2)NC(=O)CO3)cc1. The molecule has 0 spiro atoms. The van der Waals surface area contributed by atoms with Crippen molar-refractivity contribution in [3.05, 3.63) is 70.6 Å². The van der Waals surface area contributed by atoms with Gasteiger partial charge in [0, 0.05) is 5.56 Å². The Kier molecular flexibility index (Phi) is 5.89. The Bertz CT molecular complexity index is 1160. The van der Waals surface area contributed by atoms with Gasteiger partial charge in [0.2, 0.25) is 0 Å².